The number of nitrogens with zero attached hydrogens (tertiary/aromatic N) is 1. The molecular formula is C16H24N4O3. The third-order valence-electron chi connectivity index (χ3n) is 3.11. The average molecular weight is 320 g/mol. The molecule has 23 heavy (non-hydrogen) atoms. The third kappa shape index (κ3) is 5.36. The Morgan fingerprint density at radius 1 is 1.13 bits per heavy atom. The molecule has 0 saturated heterocycles. The van der Waals surface area contributed by atoms with Gasteiger partial charge in [0.15, 0.2) is 17.5 Å². The monoisotopic (exact) mass is 320 g/mol. The van der Waals surface area contributed by atoms with Crippen LogP contribution in [-0.2, 0) is 4.79 Å². The minimum absolute atomic E-state index is 0.0771. The van der Waals surface area contributed by atoms with Crippen molar-refractivity contribution in [3.8, 4) is 11.5 Å². The highest BCUT2D eigenvalue weighted by Gasteiger charge is 2.11. The molecule has 1 amide bonds. The first-order valence-electron chi connectivity index (χ1n) is 7.94. The third-order valence-corrected chi connectivity index (χ3v) is 3.11. The maximum atomic E-state index is 11.5. The van der Waals surface area contributed by atoms with E-state index in [2.05, 4.69) is 20.9 Å². The van der Waals surface area contributed by atoms with E-state index in [9.17, 15) is 4.79 Å². The number of nitrogens with one attached hydrogen (secondary N) is 3. The molecule has 0 saturated carbocycles. The molecule has 126 valence electrons. The number of fused-ring (bicyclic) bond motifs is 1. The van der Waals surface area contributed by atoms with Crippen molar-refractivity contribution in [1.82, 2.24) is 10.6 Å². The first-order valence-corrected chi connectivity index (χ1v) is 7.94. The van der Waals surface area contributed by atoms with Gasteiger partial charge in [0, 0.05) is 31.3 Å². The highest BCUT2D eigenvalue weighted by atomic mass is 16.5. The van der Waals surface area contributed by atoms with E-state index in [4.69, 9.17) is 9.47 Å². The number of anilines is 1. The lowest BCUT2D eigenvalue weighted by Crippen LogP contribution is -2.33. The minimum Gasteiger partial charge on any atom is -0.490 e. The number of carbonyl (C=O) groups excluding carboxylic acids is 1. The SMILES string of the molecule is CCNC(=O)CN=C(NCC)Nc1ccc2c(c1)OCCCO2. The molecular weight excluding hydrogens is 296 g/mol. The van der Waals surface area contributed by atoms with Crippen LogP contribution >= 0.6 is 0 Å². The van der Waals surface area contributed by atoms with E-state index in [1.54, 1.807) is 0 Å². The average Bonchev–Trinajstić information content (AvgIpc) is 2.78. The van der Waals surface area contributed by atoms with E-state index in [1.807, 2.05) is 32.0 Å². The topological polar surface area (TPSA) is 84.0 Å². The van der Waals surface area contributed by atoms with Crippen LogP contribution in [0.4, 0.5) is 5.69 Å². The number of benzene rings is 1. The Kier molecular flexibility index (Phi) is 6.53. The van der Waals surface area contributed by atoms with Crippen molar-refractivity contribution >= 4 is 17.6 Å². The molecule has 0 spiro atoms. The summed E-state index contributed by atoms with van der Waals surface area (Å²) >= 11 is 0. The van der Waals surface area contributed by atoms with Crippen LogP contribution in [0.5, 0.6) is 11.5 Å². The summed E-state index contributed by atoms with van der Waals surface area (Å²) in [6, 6.07) is 5.64. The van der Waals surface area contributed by atoms with Gasteiger partial charge < -0.3 is 25.4 Å². The molecule has 0 aliphatic carbocycles. The van der Waals surface area contributed by atoms with Crippen LogP contribution in [0.15, 0.2) is 23.2 Å². The van der Waals surface area contributed by atoms with Crippen LogP contribution in [-0.4, -0.2) is 44.7 Å². The molecule has 0 bridgehead atoms. The Morgan fingerprint density at radius 2 is 1.87 bits per heavy atom. The number of aliphatic imine (C=N–C) groups is 1. The number of carbonyl (C=O) groups is 1. The maximum Gasteiger partial charge on any atom is 0.241 e. The number of amides is 1. The normalized spacial score (nSPS) is 13.9. The van der Waals surface area contributed by atoms with E-state index in [-0.39, 0.29) is 12.5 Å². The number of hydrogen-bond acceptors (Lipinski definition) is 4. The van der Waals surface area contributed by atoms with E-state index in [0.717, 1.165) is 17.9 Å². The number of guanidine groups is 1. The Labute approximate surface area is 136 Å². The van der Waals surface area contributed by atoms with E-state index in [1.165, 1.54) is 0 Å². The van der Waals surface area contributed by atoms with Crippen LogP contribution in [0.1, 0.15) is 20.3 Å². The van der Waals surface area contributed by atoms with E-state index in [0.29, 0.717) is 38.0 Å². The fraction of sp³-hybridized carbons (Fsp3) is 0.500. The van der Waals surface area contributed by atoms with Gasteiger partial charge in [-0.1, -0.05) is 0 Å². The van der Waals surface area contributed by atoms with E-state index < -0.39 is 0 Å². The number of rotatable bonds is 5. The van der Waals surface area contributed by atoms with Gasteiger partial charge in [0.25, 0.3) is 0 Å². The maximum absolute atomic E-state index is 11.5. The zero-order valence-electron chi connectivity index (χ0n) is 13.6. The van der Waals surface area contributed by atoms with Crippen molar-refractivity contribution in [2.45, 2.75) is 20.3 Å². The lowest BCUT2D eigenvalue weighted by atomic mass is 10.3. The summed E-state index contributed by atoms with van der Waals surface area (Å²) in [4.78, 5) is 15.8. The number of hydrogen-bond donors (Lipinski definition) is 3. The lowest BCUT2D eigenvalue weighted by Gasteiger charge is -2.13. The van der Waals surface area contributed by atoms with Crippen LogP contribution in [0.3, 0.4) is 0 Å². The fourth-order valence-electron chi connectivity index (χ4n) is 2.09. The number of likely N-dealkylation sites (N-methyl/N-ethyl adjacent to an activating group) is 1. The number of ether oxygens (including phenoxy) is 2. The molecule has 1 heterocycles. The Hall–Kier alpha value is -2.44. The molecule has 0 radical (unpaired) electrons. The van der Waals surface area contributed by atoms with Crippen LogP contribution in [0.2, 0.25) is 0 Å². The van der Waals surface area contributed by atoms with Gasteiger partial charge in [-0.3, -0.25) is 4.79 Å². The van der Waals surface area contributed by atoms with Crippen molar-refractivity contribution in [2.75, 3.05) is 38.2 Å². The zero-order chi connectivity index (χ0) is 16.5. The van der Waals surface area contributed by atoms with Gasteiger partial charge in [-0.15, -0.1) is 0 Å². The van der Waals surface area contributed by atoms with Crippen LogP contribution < -0.4 is 25.4 Å². The van der Waals surface area contributed by atoms with Crippen molar-refractivity contribution in [1.29, 1.82) is 0 Å². The van der Waals surface area contributed by atoms with Crippen LogP contribution in [0, 0.1) is 0 Å². The van der Waals surface area contributed by atoms with Gasteiger partial charge in [-0.05, 0) is 26.0 Å². The predicted octanol–water partition coefficient (Wildman–Crippen LogP) is 1.36. The molecule has 1 aliphatic heterocycles. The lowest BCUT2D eigenvalue weighted by molar-refractivity contribution is -0.119. The Bertz CT molecular complexity index is 560. The Morgan fingerprint density at radius 3 is 2.61 bits per heavy atom. The molecule has 0 fully saturated rings. The van der Waals surface area contributed by atoms with E-state index >= 15 is 0 Å². The first-order chi connectivity index (χ1) is 11.2. The van der Waals surface area contributed by atoms with Crippen molar-refractivity contribution in [3.05, 3.63) is 18.2 Å². The van der Waals surface area contributed by atoms with Gasteiger partial charge >= 0.3 is 0 Å². The summed E-state index contributed by atoms with van der Waals surface area (Å²) < 4.78 is 11.3. The summed E-state index contributed by atoms with van der Waals surface area (Å²) in [5.41, 5.74) is 0.824. The molecule has 7 heteroatoms. The van der Waals surface area contributed by atoms with Crippen molar-refractivity contribution in [2.24, 2.45) is 4.99 Å². The highest BCUT2D eigenvalue weighted by molar-refractivity contribution is 5.95. The molecule has 0 aromatic heterocycles. The first kappa shape index (κ1) is 16.9. The Balaban J connectivity index is 2.05. The van der Waals surface area contributed by atoms with Gasteiger partial charge in [-0.2, -0.15) is 0 Å². The second-order valence-corrected chi connectivity index (χ2v) is 4.99. The predicted molar refractivity (Wildman–Crippen MR) is 90.3 cm³/mol. The molecule has 0 unspecified atom stereocenters. The van der Waals surface area contributed by atoms with Gasteiger partial charge in [-0.25, -0.2) is 4.99 Å². The summed E-state index contributed by atoms with van der Waals surface area (Å²) in [5, 5.41) is 9.00. The summed E-state index contributed by atoms with van der Waals surface area (Å²) in [6.07, 6.45) is 0.869. The van der Waals surface area contributed by atoms with Gasteiger partial charge in [0.05, 0.1) is 13.2 Å². The molecule has 1 aliphatic rings. The minimum atomic E-state index is -0.108. The van der Waals surface area contributed by atoms with Crippen LogP contribution in [0.25, 0.3) is 0 Å². The summed E-state index contributed by atoms with van der Waals surface area (Å²) in [7, 11) is 0. The molecule has 3 N–H and O–H groups in total. The van der Waals surface area contributed by atoms with Crippen molar-refractivity contribution in [3.63, 3.8) is 0 Å². The zero-order valence-corrected chi connectivity index (χ0v) is 13.6. The molecule has 7 nitrogen and oxygen atoms in total. The molecule has 2 rings (SSSR count). The smallest absolute Gasteiger partial charge is 0.241 e. The fourth-order valence-corrected chi connectivity index (χ4v) is 2.09. The largest absolute Gasteiger partial charge is 0.490 e. The molecule has 1 aromatic carbocycles. The molecule has 0 atom stereocenters. The second kappa shape index (κ2) is 8.87. The summed E-state index contributed by atoms with van der Waals surface area (Å²) in [6.45, 7) is 6.53. The molecule has 1 aromatic rings. The van der Waals surface area contributed by atoms with Crippen molar-refractivity contribution < 1.29 is 14.3 Å². The quantitative estimate of drug-likeness (QED) is 0.563. The standard InChI is InChI=1S/C16H24N4O3/c1-3-17-15(21)11-19-16(18-4-2)20-12-6-7-13-14(10-12)23-9-5-8-22-13/h6-7,10H,3-5,8-9,11H2,1-2H3,(H,17,21)(H2,18,19,20). The second-order valence-electron chi connectivity index (χ2n) is 4.99. The van der Waals surface area contributed by atoms with Gasteiger partial charge in [0.1, 0.15) is 6.54 Å². The highest BCUT2D eigenvalue weighted by Crippen LogP contribution is 2.32. The van der Waals surface area contributed by atoms with Gasteiger partial charge in [0.2, 0.25) is 5.91 Å². The summed E-state index contributed by atoms with van der Waals surface area (Å²) in [5.74, 6) is 1.90.